The number of methoxy groups -OCH3 is 1. The monoisotopic (exact) mass is 634 g/mol. The molecule has 4 aromatic rings. The van der Waals surface area contributed by atoms with Gasteiger partial charge in [-0.25, -0.2) is 9.69 Å². The van der Waals surface area contributed by atoms with Crippen LogP contribution in [0.4, 0.5) is 10.5 Å². The molecule has 4 N–H and O–H groups in total. The Kier molecular flexibility index (Phi) is 11.9. The predicted molar refractivity (Wildman–Crippen MR) is 182 cm³/mol. The van der Waals surface area contributed by atoms with Crippen LogP contribution in [0.2, 0.25) is 0 Å². The second kappa shape index (κ2) is 16.6. The van der Waals surface area contributed by atoms with Gasteiger partial charge in [-0.2, -0.15) is 0 Å². The third kappa shape index (κ3) is 8.71. The Hall–Kier alpha value is -4.83. The van der Waals surface area contributed by atoms with Crippen LogP contribution in [0.25, 0.3) is 0 Å². The largest absolute Gasteiger partial charge is 0.452 e. The molecule has 0 saturated carbocycles. The molecule has 0 unspecified atom stereocenters. The zero-order chi connectivity index (χ0) is 33.0. The van der Waals surface area contributed by atoms with E-state index in [9.17, 15) is 14.4 Å². The van der Waals surface area contributed by atoms with E-state index in [4.69, 9.17) is 15.2 Å². The number of benzene rings is 4. The highest BCUT2D eigenvalue weighted by Crippen LogP contribution is 2.31. The van der Waals surface area contributed by atoms with Gasteiger partial charge in [0, 0.05) is 19.0 Å². The zero-order valence-electron chi connectivity index (χ0n) is 26.6. The fourth-order valence-corrected chi connectivity index (χ4v) is 5.95. The molecule has 0 spiro atoms. The van der Waals surface area contributed by atoms with E-state index in [2.05, 4.69) is 10.6 Å². The second-order valence-corrected chi connectivity index (χ2v) is 11.6. The lowest BCUT2D eigenvalue weighted by Gasteiger charge is -2.31. The summed E-state index contributed by atoms with van der Waals surface area (Å²) in [5, 5.41) is 6.29. The number of nitrogens with one attached hydrogen (secondary N) is 2. The Labute approximate surface area is 276 Å². The van der Waals surface area contributed by atoms with Crippen LogP contribution in [-0.4, -0.2) is 62.9 Å². The van der Waals surface area contributed by atoms with Crippen LogP contribution >= 0.6 is 0 Å². The summed E-state index contributed by atoms with van der Waals surface area (Å²) in [4.78, 5) is 41.1. The van der Waals surface area contributed by atoms with Crippen molar-refractivity contribution in [2.45, 2.75) is 43.4 Å². The molecule has 5 rings (SSSR count). The molecule has 244 valence electrons. The normalized spacial score (nSPS) is 16.7. The van der Waals surface area contributed by atoms with Crippen molar-refractivity contribution in [3.05, 3.63) is 138 Å². The fourth-order valence-electron chi connectivity index (χ4n) is 5.95. The minimum absolute atomic E-state index is 0.0855. The van der Waals surface area contributed by atoms with Gasteiger partial charge in [-0.3, -0.25) is 9.59 Å². The summed E-state index contributed by atoms with van der Waals surface area (Å²) in [6.07, 6.45) is 0.930. The number of nitrogens with two attached hydrogens (primary N) is 1. The molecular formula is C38H42N4O5. The van der Waals surface area contributed by atoms with Crippen molar-refractivity contribution in [2.24, 2.45) is 5.73 Å². The summed E-state index contributed by atoms with van der Waals surface area (Å²) in [7, 11) is 1.25. The van der Waals surface area contributed by atoms with Crippen LogP contribution in [0, 0.1) is 0 Å². The molecule has 3 amide bonds. The lowest BCUT2D eigenvalue weighted by Crippen LogP contribution is -2.54. The molecule has 47 heavy (non-hydrogen) atoms. The van der Waals surface area contributed by atoms with E-state index in [0.29, 0.717) is 31.6 Å². The molecule has 1 heterocycles. The van der Waals surface area contributed by atoms with Gasteiger partial charge in [0.25, 0.3) is 5.91 Å². The maximum atomic E-state index is 14.2. The van der Waals surface area contributed by atoms with E-state index >= 15 is 0 Å². The molecule has 1 aliphatic heterocycles. The van der Waals surface area contributed by atoms with Gasteiger partial charge in [0.2, 0.25) is 5.91 Å². The van der Waals surface area contributed by atoms with Crippen molar-refractivity contribution in [1.82, 2.24) is 10.6 Å². The number of aryl methyl sites for hydroxylation is 1. The van der Waals surface area contributed by atoms with Crippen LogP contribution in [0.15, 0.2) is 115 Å². The number of morpholine rings is 1. The fraction of sp³-hybridized carbons (Fsp3) is 0.289. The third-order valence-corrected chi connectivity index (χ3v) is 8.47. The lowest BCUT2D eigenvalue weighted by molar-refractivity contribution is -0.127. The molecule has 3 atom stereocenters. The van der Waals surface area contributed by atoms with Gasteiger partial charge < -0.3 is 25.8 Å². The number of ether oxygens (including phenoxy) is 2. The number of hydrogen-bond donors (Lipinski definition) is 3. The number of amides is 3. The van der Waals surface area contributed by atoms with E-state index in [0.717, 1.165) is 28.0 Å². The smallest absolute Gasteiger partial charge is 0.420 e. The number of carbonyl (C=O) groups excluding carboxylic acids is 3. The molecule has 9 nitrogen and oxygen atoms in total. The van der Waals surface area contributed by atoms with E-state index in [1.165, 1.54) is 12.7 Å². The molecule has 4 aromatic carbocycles. The first-order valence-electron chi connectivity index (χ1n) is 16.0. The molecule has 9 heteroatoms. The van der Waals surface area contributed by atoms with E-state index in [1.54, 1.807) is 12.1 Å². The summed E-state index contributed by atoms with van der Waals surface area (Å²) in [6, 6.07) is 34.9. The molecule has 0 aliphatic carbocycles. The van der Waals surface area contributed by atoms with Crippen LogP contribution in [0.3, 0.4) is 0 Å². The summed E-state index contributed by atoms with van der Waals surface area (Å²) in [5.74, 6) is -1.15. The first-order valence-corrected chi connectivity index (χ1v) is 16.0. The molecule has 1 fully saturated rings. The maximum Gasteiger partial charge on any atom is 0.420 e. The average molecular weight is 635 g/mol. The lowest BCUT2D eigenvalue weighted by atomic mass is 9.84. The van der Waals surface area contributed by atoms with E-state index in [-0.39, 0.29) is 18.6 Å². The molecule has 1 aliphatic rings. The topological polar surface area (TPSA) is 123 Å². The first-order chi connectivity index (χ1) is 23.0. The van der Waals surface area contributed by atoms with Crippen molar-refractivity contribution >= 4 is 23.6 Å². The quantitative estimate of drug-likeness (QED) is 0.208. The molecule has 0 aromatic heterocycles. The van der Waals surface area contributed by atoms with Crippen molar-refractivity contribution in [1.29, 1.82) is 0 Å². The minimum Gasteiger partial charge on any atom is -0.452 e. The summed E-state index contributed by atoms with van der Waals surface area (Å²) in [6.45, 7) is 1.31. The van der Waals surface area contributed by atoms with Gasteiger partial charge in [0.05, 0.1) is 31.5 Å². The van der Waals surface area contributed by atoms with E-state index in [1.807, 2.05) is 103 Å². The third-order valence-electron chi connectivity index (χ3n) is 8.47. The van der Waals surface area contributed by atoms with Gasteiger partial charge >= 0.3 is 6.09 Å². The number of carbonyl (C=O) groups is 3. The van der Waals surface area contributed by atoms with Gasteiger partial charge in [-0.1, -0.05) is 109 Å². The zero-order valence-corrected chi connectivity index (χ0v) is 26.6. The van der Waals surface area contributed by atoms with Crippen molar-refractivity contribution < 1.29 is 23.9 Å². The number of hydrogen-bond acceptors (Lipinski definition) is 7. The molecular weight excluding hydrogens is 592 g/mol. The van der Waals surface area contributed by atoms with Gasteiger partial charge in [-0.05, 0) is 47.6 Å². The standard InChI is InChI=1S/C38H42N4O5/c1-46-38(45)42(37(44)35(39)34(29-16-7-3-8-17-29)30-18-9-4-10-19-30)33-20-12-11-15-28(33)21-22-31-25-41-32(26-47-31)36(43)40-24-23-27-13-5-2-6-14-27/h2-20,31-32,34-35,41H,21-26,39H2,1H3,(H,40,43)/t31-,32+,35+/m1/s1. The highest BCUT2D eigenvalue weighted by molar-refractivity contribution is 6.15. The molecule has 1 saturated heterocycles. The SMILES string of the molecule is COC(=O)N(C(=O)[C@@H](N)C(c1ccccc1)c1ccccc1)c1ccccc1CC[C@@H]1CN[C@H](C(=O)NCCc2ccccc2)CO1. The number of imide groups is 1. The van der Waals surface area contributed by atoms with Crippen molar-refractivity contribution in [3.8, 4) is 0 Å². The van der Waals surface area contributed by atoms with Crippen LogP contribution in [0.1, 0.15) is 34.6 Å². The first kappa shape index (κ1) is 33.5. The Morgan fingerprint density at radius 3 is 2.06 bits per heavy atom. The van der Waals surface area contributed by atoms with Crippen molar-refractivity contribution in [2.75, 3.05) is 31.7 Å². The highest BCUT2D eigenvalue weighted by Gasteiger charge is 2.36. The van der Waals surface area contributed by atoms with Crippen LogP contribution < -0.4 is 21.3 Å². The van der Waals surface area contributed by atoms with Gasteiger partial charge in [-0.15, -0.1) is 0 Å². The second-order valence-electron chi connectivity index (χ2n) is 11.6. The van der Waals surface area contributed by atoms with Crippen molar-refractivity contribution in [3.63, 3.8) is 0 Å². The Balaban J connectivity index is 1.24. The van der Waals surface area contributed by atoms with Crippen LogP contribution in [0.5, 0.6) is 0 Å². The summed E-state index contributed by atoms with van der Waals surface area (Å²) in [5.41, 5.74) is 10.8. The molecule has 0 bridgehead atoms. The maximum absolute atomic E-state index is 14.2. The predicted octanol–water partition coefficient (Wildman–Crippen LogP) is 4.59. The van der Waals surface area contributed by atoms with Gasteiger partial charge in [0.1, 0.15) is 6.04 Å². The van der Waals surface area contributed by atoms with Crippen LogP contribution in [-0.2, 0) is 31.9 Å². The molecule has 0 radical (unpaired) electrons. The average Bonchev–Trinajstić information content (AvgIpc) is 3.12. The van der Waals surface area contributed by atoms with Gasteiger partial charge in [0.15, 0.2) is 0 Å². The Morgan fingerprint density at radius 2 is 1.47 bits per heavy atom. The number of anilines is 1. The van der Waals surface area contributed by atoms with E-state index < -0.39 is 30.0 Å². The number of nitrogens with zero attached hydrogens (tertiary/aromatic N) is 1. The Morgan fingerprint density at radius 1 is 0.872 bits per heavy atom. The summed E-state index contributed by atoms with van der Waals surface area (Å²) >= 11 is 0. The summed E-state index contributed by atoms with van der Waals surface area (Å²) < 4.78 is 11.2. The highest BCUT2D eigenvalue weighted by atomic mass is 16.5. The number of rotatable bonds is 12. The Bertz CT molecular complexity index is 1550. The minimum atomic E-state index is -1.08. The number of para-hydroxylation sites is 1.